The lowest BCUT2D eigenvalue weighted by molar-refractivity contribution is 0.0914. The van der Waals surface area contributed by atoms with Crippen molar-refractivity contribution < 1.29 is 19.0 Å². The Morgan fingerprint density at radius 3 is 2.43 bits per heavy atom. The van der Waals surface area contributed by atoms with Gasteiger partial charge in [-0.2, -0.15) is 0 Å². The van der Waals surface area contributed by atoms with Gasteiger partial charge in [0.2, 0.25) is 0 Å². The Hall–Kier alpha value is -2.35. The minimum atomic E-state index is -0.263. The first kappa shape index (κ1) is 21.9. The van der Waals surface area contributed by atoms with E-state index in [-0.39, 0.29) is 6.09 Å². The lowest BCUT2D eigenvalue weighted by Crippen LogP contribution is -2.53. The van der Waals surface area contributed by atoms with Gasteiger partial charge in [-0.15, -0.1) is 0 Å². The van der Waals surface area contributed by atoms with Gasteiger partial charge in [-0.3, -0.25) is 4.99 Å². The van der Waals surface area contributed by atoms with Gasteiger partial charge in [0.1, 0.15) is 0 Å². The first-order valence-corrected chi connectivity index (χ1v) is 9.78. The van der Waals surface area contributed by atoms with Gasteiger partial charge in [-0.25, -0.2) is 4.79 Å². The fraction of sp³-hybridized carbons (Fsp3) is 0.579. The maximum Gasteiger partial charge on any atom is 0.409 e. The van der Waals surface area contributed by atoms with Gasteiger partial charge in [0.05, 0.1) is 25.3 Å². The average Bonchev–Trinajstić information content (AvgIpc) is 2.70. The summed E-state index contributed by atoms with van der Waals surface area (Å²) in [6.07, 6.45) is -0.263. The molecule has 1 heterocycles. The van der Waals surface area contributed by atoms with Crippen molar-refractivity contribution in [3.05, 3.63) is 22.7 Å². The van der Waals surface area contributed by atoms with Crippen LogP contribution in [0.3, 0.4) is 0 Å². The van der Waals surface area contributed by atoms with E-state index in [2.05, 4.69) is 15.2 Å². The molecule has 0 spiro atoms. The van der Waals surface area contributed by atoms with Crippen molar-refractivity contribution in [3.63, 3.8) is 0 Å². The largest absolute Gasteiger partial charge is 0.493 e. The third kappa shape index (κ3) is 5.58. The highest BCUT2D eigenvalue weighted by Gasteiger charge is 2.23. The molecule has 156 valence electrons. The van der Waals surface area contributed by atoms with Gasteiger partial charge in [0.25, 0.3) is 0 Å². The molecule has 0 saturated carbocycles. The molecular formula is C19H29ClN4O4. The van der Waals surface area contributed by atoms with E-state index in [1.807, 2.05) is 26.0 Å². The molecule has 1 saturated heterocycles. The van der Waals surface area contributed by atoms with E-state index in [1.165, 1.54) is 0 Å². The standard InChI is InChI=1S/C19H29ClN4O4/c1-5-27-17-15(20)11-14(12-16(17)26-4)13-22-18(21-3)23-7-9-24(10-8-23)19(25)28-6-2/h11-12H,5-10,13H2,1-4H3,(H,21,22). The molecule has 1 N–H and O–H groups in total. The van der Waals surface area contributed by atoms with Crippen LogP contribution >= 0.6 is 11.6 Å². The molecule has 1 fully saturated rings. The zero-order valence-corrected chi connectivity index (χ0v) is 17.7. The highest BCUT2D eigenvalue weighted by atomic mass is 35.5. The maximum absolute atomic E-state index is 11.8. The number of amides is 1. The van der Waals surface area contributed by atoms with Crippen molar-refractivity contribution >= 4 is 23.7 Å². The molecule has 1 aromatic carbocycles. The van der Waals surface area contributed by atoms with Crippen molar-refractivity contribution in [3.8, 4) is 11.5 Å². The van der Waals surface area contributed by atoms with Gasteiger partial charge < -0.3 is 29.3 Å². The number of hydrogen-bond acceptors (Lipinski definition) is 5. The summed E-state index contributed by atoms with van der Waals surface area (Å²) in [6, 6.07) is 3.75. The second-order valence-corrected chi connectivity index (χ2v) is 6.52. The van der Waals surface area contributed by atoms with E-state index in [0.29, 0.717) is 62.5 Å². The van der Waals surface area contributed by atoms with Gasteiger partial charge in [-0.1, -0.05) is 11.6 Å². The third-order valence-corrected chi connectivity index (χ3v) is 4.63. The summed E-state index contributed by atoms with van der Waals surface area (Å²) in [5.74, 6) is 1.92. The van der Waals surface area contributed by atoms with Crippen LogP contribution in [-0.4, -0.2) is 75.4 Å². The number of carbonyl (C=O) groups is 1. The number of nitrogens with one attached hydrogen (secondary N) is 1. The summed E-state index contributed by atoms with van der Waals surface area (Å²) < 4.78 is 16.0. The van der Waals surface area contributed by atoms with E-state index in [9.17, 15) is 4.79 Å². The fourth-order valence-corrected chi connectivity index (χ4v) is 3.28. The Morgan fingerprint density at radius 1 is 1.18 bits per heavy atom. The number of piperazine rings is 1. The first-order chi connectivity index (χ1) is 13.5. The van der Waals surface area contributed by atoms with Crippen LogP contribution in [0, 0.1) is 0 Å². The lowest BCUT2D eigenvalue weighted by Gasteiger charge is -2.35. The summed E-state index contributed by atoms with van der Waals surface area (Å²) in [4.78, 5) is 20.0. The van der Waals surface area contributed by atoms with Gasteiger partial charge in [0, 0.05) is 39.8 Å². The summed E-state index contributed by atoms with van der Waals surface area (Å²) in [5.41, 5.74) is 0.955. The quantitative estimate of drug-likeness (QED) is 0.571. The predicted molar refractivity (Wildman–Crippen MR) is 110 cm³/mol. The number of methoxy groups -OCH3 is 1. The van der Waals surface area contributed by atoms with E-state index >= 15 is 0 Å². The van der Waals surface area contributed by atoms with Crippen molar-refractivity contribution in [2.45, 2.75) is 20.4 Å². The molecule has 0 unspecified atom stereocenters. The molecule has 0 aromatic heterocycles. The van der Waals surface area contributed by atoms with E-state index in [4.69, 9.17) is 25.8 Å². The van der Waals surface area contributed by atoms with Crippen molar-refractivity contribution in [2.75, 3.05) is 53.6 Å². The number of carbonyl (C=O) groups excluding carboxylic acids is 1. The normalized spacial score (nSPS) is 14.7. The molecule has 0 bridgehead atoms. The van der Waals surface area contributed by atoms with E-state index in [0.717, 1.165) is 11.5 Å². The SMILES string of the molecule is CCOC(=O)N1CCN(C(=NC)NCc2cc(Cl)c(OCC)c(OC)c2)CC1. The molecule has 28 heavy (non-hydrogen) atoms. The number of hydrogen-bond donors (Lipinski definition) is 1. The highest BCUT2D eigenvalue weighted by Crippen LogP contribution is 2.36. The van der Waals surface area contributed by atoms with Crippen LogP contribution < -0.4 is 14.8 Å². The number of benzene rings is 1. The lowest BCUT2D eigenvalue weighted by atomic mass is 10.2. The molecule has 0 atom stereocenters. The summed E-state index contributed by atoms with van der Waals surface area (Å²) in [7, 11) is 3.33. The van der Waals surface area contributed by atoms with Gasteiger partial charge in [0.15, 0.2) is 17.5 Å². The number of aliphatic imine (C=N–C) groups is 1. The topological polar surface area (TPSA) is 75.6 Å². The van der Waals surface area contributed by atoms with Crippen LogP contribution in [0.15, 0.2) is 17.1 Å². The van der Waals surface area contributed by atoms with Crippen molar-refractivity contribution in [2.24, 2.45) is 4.99 Å². The Labute approximate surface area is 171 Å². The van der Waals surface area contributed by atoms with Crippen LogP contribution in [0.2, 0.25) is 5.02 Å². The van der Waals surface area contributed by atoms with Crippen LogP contribution in [0.1, 0.15) is 19.4 Å². The summed E-state index contributed by atoms with van der Waals surface area (Å²) in [5, 5.41) is 3.85. The third-order valence-electron chi connectivity index (χ3n) is 4.35. The molecule has 9 heteroatoms. The molecular weight excluding hydrogens is 384 g/mol. The highest BCUT2D eigenvalue weighted by molar-refractivity contribution is 6.32. The zero-order chi connectivity index (χ0) is 20.5. The monoisotopic (exact) mass is 412 g/mol. The molecule has 2 rings (SSSR count). The molecule has 1 aliphatic rings. The first-order valence-electron chi connectivity index (χ1n) is 9.40. The van der Waals surface area contributed by atoms with Crippen molar-refractivity contribution in [1.29, 1.82) is 0 Å². The van der Waals surface area contributed by atoms with E-state index in [1.54, 1.807) is 19.1 Å². The fourth-order valence-electron chi connectivity index (χ4n) is 2.99. The van der Waals surface area contributed by atoms with Crippen molar-refractivity contribution in [1.82, 2.24) is 15.1 Å². The van der Waals surface area contributed by atoms with Crippen LogP contribution in [0.4, 0.5) is 4.79 Å². The zero-order valence-electron chi connectivity index (χ0n) is 17.0. The Balaban J connectivity index is 1.96. The number of ether oxygens (including phenoxy) is 3. The summed E-state index contributed by atoms with van der Waals surface area (Å²) in [6.45, 7) is 7.71. The van der Waals surface area contributed by atoms with Crippen LogP contribution in [0.5, 0.6) is 11.5 Å². The molecule has 8 nitrogen and oxygen atoms in total. The van der Waals surface area contributed by atoms with E-state index < -0.39 is 0 Å². The second kappa shape index (κ2) is 10.8. The minimum absolute atomic E-state index is 0.263. The average molecular weight is 413 g/mol. The Morgan fingerprint density at radius 2 is 1.86 bits per heavy atom. The van der Waals surface area contributed by atoms with Crippen LogP contribution in [-0.2, 0) is 11.3 Å². The summed E-state index contributed by atoms with van der Waals surface area (Å²) >= 11 is 6.34. The molecule has 0 radical (unpaired) electrons. The molecule has 1 aliphatic heterocycles. The molecule has 1 aromatic rings. The number of nitrogens with zero attached hydrogens (tertiary/aromatic N) is 3. The second-order valence-electron chi connectivity index (χ2n) is 6.12. The Kier molecular flexibility index (Phi) is 8.50. The predicted octanol–water partition coefficient (Wildman–Crippen LogP) is 2.60. The smallest absolute Gasteiger partial charge is 0.409 e. The van der Waals surface area contributed by atoms with Gasteiger partial charge >= 0.3 is 6.09 Å². The van der Waals surface area contributed by atoms with Gasteiger partial charge in [-0.05, 0) is 31.5 Å². The number of rotatable bonds is 6. The number of halogens is 1. The minimum Gasteiger partial charge on any atom is -0.493 e. The number of guanidine groups is 1. The molecule has 0 aliphatic carbocycles. The maximum atomic E-state index is 11.8. The van der Waals surface area contributed by atoms with Crippen LogP contribution in [0.25, 0.3) is 0 Å². The Bertz CT molecular complexity index is 691. The molecule has 1 amide bonds.